The van der Waals surface area contributed by atoms with Crippen LogP contribution in [-0.2, 0) is 0 Å². The molecule has 0 saturated carbocycles. The van der Waals surface area contributed by atoms with Gasteiger partial charge in [-0.25, -0.2) is 0 Å². The van der Waals surface area contributed by atoms with Crippen molar-refractivity contribution in [1.82, 2.24) is 9.97 Å². The second-order valence-electron chi connectivity index (χ2n) is 8.65. The number of nitrogens with zero attached hydrogens (tertiary/aromatic N) is 2. The van der Waals surface area contributed by atoms with Crippen molar-refractivity contribution in [2.24, 2.45) is 0 Å². The van der Waals surface area contributed by atoms with Crippen LogP contribution in [0, 0.1) is 0 Å². The van der Waals surface area contributed by atoms with Gasteiger partial charge in [0.2, 0.25) is 0 Å². The molecule has 3 heterocycles. The molecule has 5 rings (SSSR count). The predicted octanol–water partition coefficient (Wildman–Crippen LogP) is 4.97. The molecule has 0 saturated heterocycles. The van der Waals surface area contributed by atoms with Crippen molar-refractivity contribution >= 4 is 38.9 Å². The van der Waals surface area contributed by atoms with E-state index in [1.165, 1.54) is 45.8 Å². The molecular weight excluding hydrogens is 471 g/mol. The third kappa shape index (κ3) is 3.47. The van der Waals surface area contributed by atoms with E-state index >= 15 is 0 Å². The van der Waals surface area contributed by atoms with E-state index in [4.69, 9.17) is 4.98 Å². The van der Waals surface area contributed by atoms with Gasteiger partial charge >= 0.3 is 200 Å². The first kappa shape index (κ1) is 21.3. The van der Waals surface area contributed by atoms with Crippen LogP contribution in [0.15, 0.2) is 79.0 Å². The summed E-state index contributed by atoms with van der Waals surface area (Å²) >= 11 is 3.33. The zero-order valence-corrected chi connectivity index (χ0v) is 21.3. The van der Waals surface area contributed by atoms with Gasteiger partial charge in [0.15, 0.2) is 0 Å². The van der Waals surface area contributed by atoms with Gasteiger partial charge in [0, 0.05) is 0 Å². The van der Waals surface area contributed by atoms with Crippen molar-refractivity contribution in [2.45, 2.75) is 38.8 Å². The molecule has 1 aliphatic rings. The summed E-state index contributed by atoms with van der Waals surface area (Å²) in [6, 6.07) is 28.7. The van der Waals surface area contributed by atoms with Crippen molar-refractivity contribution < 1.29 is 0 Å². The molecule has 0 unspecified atom stereocenters. The van der Waals surface area contributed by atoms with Crippen molar-refractivity contribution in [3.05, 3.63) is 79.0 Å². The maximum absolute atomic E-state index is 5.31. The monoisotopic (exact) mass is 499 g/mol. The van der Waals surface area contributed by atoms with Gasteiger partial charge in [0.25, 0.3) is 0 Å². The van der Waals surface area contributed by atoms with E-state index in [0.29, 0.717) is 0 Å². The molecule has 1 radical (unpaired) electrons. The number of hydrogen-bond acceptors (Lipinski definition) is 2. The molecule has 32 heavy (non-hydrogen) atoms. The summed E-state index contributed by atoms with van der Waals surface area (Å²) in [4.78, 5) is 9.84. The number of fused-ring (bicyclic) bond motifs is 3. The fourth-order valence-electron chi connectivity index (χ4n) is 5.40. The van der Waals surface area contributed by atoms with Crippen LogP contribution in [0.25, 0.3) is 33.8 Å². The molecule has 0 bridgehead atoms. The number of hydrogen-bond donors (Lipinski definition) is 0. The molecule has 0 aliphatic carbocycles. The van der Waals surface area contributed by atoms with Crippen LogP contribution in [0.4, 0.5) is 0 Å². The van der Waals surface area contributed by atoms with E-state index in [9.17, 15) is 0 Å². The third-order valence-corrected chi connectivity index (χ3v) is 13.0. The minimum atomic E-state index is -1.78. The van der Waals surface area contributed by atoms with E-state index in [2.05, 4.69) is 95.5 Å². The van der Waals surface area contributed by atoms with Gasteiger partial charge in [-0.3, -0.25) is 0 Å². The average molecular weight is 499 g/mol. The first-order chi connectivity index (χ1) is 15.7. The molecule has 2 aromatic carbocycles. The van der Waals surface area contributed by atoms with Gasteiger partial charge in [-0.1, -0.05) is 0 Å². The van der Waals surface area contributed by atoms with E-state index in [1.807, 2.05) is 18.3 Å². The van der Waals surface area contributed by atoms with Gasteiger partial charge in [-0.05, 0) is 0 Å². The first-order valence-electron chi connectivity index (χ1n) is 11.5. The molecule has 2 aromatic heterocycles. The second-order valence-corrected chi connectivity index (χ2v) is 13.8. The van der Waals surface area contributed by atoms with Crippen LogP contribution >= 0.6 is 0 Å². The van der Waals surface area contributed by atoms with Crippen LogP contribution < -0.4 is 14.8 Å². The van der Waals surface area contributed by atoms with Gasteiger partial charge in [0.1, 0.15) is 0 Å². The molecule has 2 nitrogen and oxygen atoms in total. The maximum atomic E-state index is 5.31. The zero-order valence-electron chi connectivity index (χ0n) is 18.6. The fourth-order valence-corrected chi connectivity index (χ4v) is 11.7. The van der Waals surface area contributed by atoms with Crippen molar-refractivity contribution in [2.75, 3.05) is 0 Å². The Hall–Kier alpha value is -2.52. The fraction of sp³-hybridized carbons (Fsp3) is 0.214. The Balaban J connectivity index is 1.67. The summed E-state index contributed by atoms with van der Waals surface area (Å²) in [5, 5.41) is 3.11. The number of pyridine rings is 2. The van der Waals surface area contributed by atoms with Gasteiger partial charge in [-0.15, -0.1) is 0 Å². The summed E-state index contributed by atoms with van der Waals surface area (Å²) in [5.41, 5.74) is 6.86. The standard InChI is InChI=1S/C28H27N2SeSi/c1-3-17-32(18-4-2)25-13-8-12-24(31)27(25)28-26(32)15-14-23(30-28)21-10-7-9-20(19-21)22-11-5-6-16-29-22/h5-16,19H,3-4,17-18H2,1-2H3. The molecule has 159 valence electrons. The summed E-state index contributed by atoms with van der Waals surface area (Å²) in [6.07, 6.45) is 4.28. The topological polar surface area (TPSA) is 25.8 Å². The Morgan fingerprint density at radius 1 is 0.750 bits per heavy atom. The number of aromatic nitrogens is 2. The van der Waals surface area contributed by atoms with Gasteiger partial charge < -0.3 is 0 Å². The van der Waals surface area contributed by atoms with Crippen molar-refractivity contribution in [3.8, 4) is 33.8 Å². The molecular formula is C28H27N2SeSi. The number of rotatable bonds is 6. The first-order valence-corrected chi connectivity index (χ1v) is 14.8. The molecule has 0 spiro atoms. The van der Waals surface area contributed by atoms with E-state index in [1.54, 1.807) is 5.19 Å². The van der Waals surface area contributed by atoms with Gasteiger partial charge in [0.05, 0.1) is 0 Å². The molecule has 0 fully saturated rings. The molecule has 0 amide bonds. The Morgan fingerprint density at radius 3 is 2.22 bits per heavy atom. The Labute approximate surface area is 200 Å². The van der Waals surface area contributed by atoms with Crippen LogP contribution in [0.5, 0.6) is 0 Å². The van der Waals surface area contributed by atoms with E-state index < -0.39 is 8.07 Å². The number of benzene rings is 2. The summed E-state index contributed by atoms with van der Waals surface area (Å²) in [6.45, 7) is 4.66. The quantitative estimate of drug-likeness (QED) is 0.351. The summed E-state index contributed by atoms with van der Waals surface area (Å²) < 4.78 is 1.23. The Morgan fingerprint density at radius 2 is 1.50 bits per heavy atom. The second kappa shape index (κ2) is 8.78. The molecule has 0 N–H and O–H groups in total. The zero-order chi connectivity index (χ0) is 22.1. The van der Waals surface area contributed by atoms with Crippen LogP contribution in [0.3, 0.4) is 0 Å². The van der Waals surface area contributed by atoms with E-state index in [-0.39, 0.29) is 0 Å². The molecule has 1 aliphatic heterocycles. The summed E-state index contributed by atoms with van der Waals surface area (Å²) in [5.74, 6) is 0. The molecule has 4 aromatic rings. The average Bonchev–Trinajstić information content (AvgIpc) is 3.10. The van der Waals surface area contributed by atoms with Gasteiger partial charge in [-0.2, -0.15) is 0 Å². The Kier molecular flexibility index (Phi) is 5.85. The Bertz CT molecular complexity index is 1260. The minimum absolute atomic E-state index is 0.989. The van der Waals surface area contributed by atoms with Crippen molar-refractivity contribution in [1.29, 1.82) is 0 Å². The predicted molar refractivity (Wildman–Crippen MR) is 139 cm³/mol. The molecule has 0 atom stereocenters. The van der Waals surface area contributed by atoms with Crippen molar-refractivity contribution in [3.63, 3.8) is 0 Å². The van der Waals surface area contributed by atoms with Crippen LogP contribution in [0.1, 0.15) is 26.7 Å². The molecule has 4 heteroatoms. The van der Waals surface area contributed by atoms with Crippen LogP contribution in [-0.4, -0.2) is 34.1 Å². The summed E-state index contributed by atoms with van der Waals surface area (Å²) in [7, 11) is -1.78. The SMILES string of the molecule is CCC[Si]1(CCC)c2ccc(-c3cccc(-c4ccccn4)c3)nc2-c2c([Se])cccc21. The van der Waals surface area contributed by atoms with Crippen LogP contribution in [0.2, 0.25) is 12.1 Å². The normalized spacial score (nSPS) is 13.6. The van der Waals surface area contributed by atoms with E-state index in [0.717, 1.165) is 22.5 Å². The third-order valence-electron chi connectivity index (χ3n) is 6.66.